The van der Waals surface area contributed by atoms with Gasteiger partial charge in [0.15, 0.2) is 0 Å². The topological polar surface area (TPSA) is 55.8 Å². The van der Waals surface area contributed by atoms with E-state index in [4.69, 9.17) is 26.0 Å². The van der Waals surface area contributed by atoms with Crippen LogP contribution in [0.3, 0.4) is 0 Å². The molecule has 18 heavy (non-hydrogen) atoms. The molecule has 1 N–H and O–H groups in total. The van der Waals surface area contributed by atoms with E-state index in [-0.39, 0.29) is 23.9 Å². The molecule has 0 heterocycles. The number of carboxylic acids is 1. The first-order chi connectivity index (χ1) is 8.18. The molecule has 0 rings (SSSR count). The molecule has 0 aliphatic heterocycles. The Kier molecular flexibility index (Phi) is 8.72. The van der Waals surface area contributed by atoms with Crippen LogP contribution in [0.5, 0.6) is 0 Å². The highest BCUT2D eigenvalue weighted by Crippen LogP contribution is 2.64. The summed E-state index contributed by atoms with van der Waals surface area (Å²) in [5.41, 5.74) is -2.47. The van der Waals surface area contributed by atoms with E-state index in [9.17, 15) is 4.79 Å². The average Bonchev–Trinajstić information content (AvgIpc) is 2.12. The Labute approximate surface area is 119 Å². The zero-order chi connectivity index (χ0) is 14.3. The number of carbonyl (C=O) groups is 1. The Bertz CT molecular complexity index is 293. The van der Waals surface area contributed by atoms with E-state index in [2.05, 4.69) is 0 Å². The van der Waals surface area contributed by atoms with Crippen LogP contribution in [0.15, 0.2) is 0 Å². The smallest absolute Gasteiger partial charge is 0.304 e. The molecule has 0 fully saturated rings. The van der Waals surface area contributed by atoms with Crippen molar-refractivity contribution in [1.29, 1.82) is 0 Å². The van der Waals surface area contributed by atoms with E-state index in [1.165, 1.54) is 11.4 Å². The Balaban J connectivity index is 4.74. The maximum absolute atomic E-state index is 10.8. The second kappa shape index (κ2) is 8.54. The van der Waals surface area contributed by atoms with Gasteiger partial charge in [0, 0.05) is 5.25 Å². The minimum Gasteiger partial charge on any atom is -0.481 e. The molecule has 4 nitrogen and oxygen atoms in total. The predicted molar refractivity (Wildman–Crippen MR) is 80.6 cm³/mol. The molecular formula is C11H23O4PS2. The van der Waals surface area contributed by atoms with E-state index in [0.29, 0.717) is 0 Å². The molecule has 0 spiro atoms. The van der Waals surface area contributed by atoms with Gasteiger partial charge in [-0.05, 0) is 45.9 Å². The third-order valence-corrected chi connectivity index (χ3v) is 7.71. The molecule has 1 unspecified atom stereocenters. The van der Waals surface area contributed by atoms with Crippen LogP contribution in [0.4, 0.5) is 0 Å². The summed E-state index contributed by atoms with van der Waals surface area (Å²) < 4.78 is 11.5. The molecule has 0 aliphatic carbocycles. The van der Waals surface area contributed by atoms with Gasteiger partial charge in [0.1, 0.15) is 0 Å². The molecule has 1 atom stereocenters. The highest BCUT2D eigenvalue weighted by Gasteiger charge is 2.28. The molecule has 0 saturated carbocycles. The molecular weight excluding hydrogens is 291 g/mol. The summed E-state index contributed by atoms with van der Waals surface area (Å²) in [6.45, 7) is 9.57. The van der Waals surface area contributed by atoms with Crippen molar-refractivity contribution in [3.63, 3.8) is 0 Å². The standard InChI is InChI=1S/C11H23O4PS2/c1-6-10(7-11(12)13)18-16(17,14-8(2)3)15-9(4)5/h8-10H,6-7H2,1-5H3,(H,12,13). The van der Waals surface area contributed by atoms with Crippen LogP contribution in [-0.2, 0) is 25.6 Å². The lowest BCUT2D eigenvalue weighted by Crippen LogP contribution is -2.12. The van der Waals surface area contributed by atoms with Crippen molar-refractivity contribution in [3.05, 3.63) is 0 Å². The quantitative estimate of drug-likeness (QED) is 0.648. The molecule has 0 bridgehead atoms. The summed E-state index contributed by atoms with van der Waals surface area (Å²) in [7, 11) is 0. The van der Waals surface area contributed by atoms with E-state index >= 15 is 0 Å². The van der Waals surface area contributed by atoms with Gasteiger partial charge in [-0.2, -0.15) is 0 Å². The first-order valence-corrected chi connectivity index (χ1v) is 10.2. The molecule has 108 valence electrons. The largest absolute Gasteiger partial charge is 0.481 e. The molecule has 0 aromatic rings. The fourth-order valence-electron chi connectivity index (χ4n) is 1.22. The first-order valence-electron chi connectivity index (χ1n) is 6.05. The van der Waals surface area contributed by atoms with Crippen molar-refractivity contribution in [1.82, 2.24) is 0 Å². The van der Waals surface area contributed by atoms with Crippen molar-refractivity contribution in [2.45, 2.75) is 64.9 Å². The third kappa shape index (κ3) is 8.48. The SMILES string of the molecule is CCC(CC(=O)O)SP(=S)(OC(C)C)OC(C)C. The van der Waals surface area contributed by atoms with Gasteiger partial charge >= 0.3 is 5.97 Å². The van der Waals surface area contributed by atoms with E-state index in [0.717, 1.165) is 6.42 Å². The minimum absolute atomic E-state index is 0.0237. The van der Waals surface area contributed by atoms with Crippen molar-refractivity contribution < 1.29 is 18.9 Å². The predicted octanol–water partition coefficient (Wildman–Crippen LogP) is 4.05. The summed E-state index contributed by atoms with van der Waals surface area (Å²) in [5.74, 6) is -0.815. The van der Waals surface area contributed by atoms with Crippen LogP contribution < -0.4 is 0 Å². The molecule has 0 aliphatic rings. The van der Waals surface area contributed by atoms with E-state index in [1.807, 2.05) is 34.6 Å². The lowest BCUT2D eigenvalue weighted by Gasteiger charge is -2.28. The monoisotopic (exact) mass is 314 g/mol. The number of hydrogen-bond acceptors (Lipinski definition) is 5. The highest BCUT2D eigenvalue weighted by atomic mass is 32.9. The maximum atomic E-state index is 10.8. The van der Waals surface area contributed by atoms with Gasteiger partial charge in [-0.25, -0.2) is 0 Å². The summed E-state index contributed by atoms with van der Waals surface area (Å²) in [6, 6.07) is 0. The van der Waals surface area contributed by atoms with Crippen molar-refractivity contribution in [3.8, 4) is 0 Å². The van der Waals surface area contributed by atoms with Crippen LogP contribution in [0.2, 0.25) is 0 Å². The zero-order valence-corrected chi connectivity index (χ0v) is 14.1. The number of hydrogen-bond donors (Lipinski definition) is 1. The van der Waals surface area contributed by atoms with Gasteiger partial charge < -0.3 is 14.2 Å². The minimum atomic E-state index is -2.47. The number of carboxylic acid groups (broad SMARTS) is 1. The summed E-state index contributed by atoms with van der Waals surface area (Å²) >= 11 is 6.86. The van der Waals surface area contributed by atoms with Crippen molar-refractivity contribution in [2.24, 2.45) is 0 Å². The molecule has 7 heteroatoms. The van der Waals surface area contributed by atoms with Crippen LogP contribution in [-0.4, -0.2) is 28.5 Å². The zero-order valence-electron chi connectivity index (χ0n) is 11.6. The van der Waals surface area contributed by atoms with Gasteiger partial charge in [-0.1, -0.05) is 18.3 Å². The van der Waals surface area contributed by atoms with Gasteiger partial charge in [-0.15, -0.1) is 0 Å². The van der Waals surface area contributed by atoms with Gasteiger partial charge in [0.05, 0.1) is 18.6 Å². The summed E-state index contributed by atoms with van der Waals surface area (Å²) in [6.07, 6.45) is 0.773. The van der Waals surface area contributed by atoms with E-state index < -0.39 is 11.7 Å². The Morgan fingerprint density at radius 2 is 1.72 bits per heavy atom. The Hall–Kier alpha value is 0.390. The fraction of sp³-hybridized carbons (Fsp3) is 0.909. The normalized spacial score (nSPS) is 14.2. The van der Waals surface area contributed by atoms with Crippen LogP contribution >= 0.6 is 17.1 Å². The van der Waals surface area contributed by atoms with Crippen LogP contribution in [0.25, 0.3) is 0 Å². The third-order valence-electron chi connectivity index (χ3n) is 1.82. The molecule has 0 saturated heterocycles. The van der Waals surface area contributed by atoms with E-state index in [1.54, 1.807) is 0 Å². The van der Waals surface area contributed by atoms with Crippen molar-refractivity contribution in [2.75, 3.05) is 0 Å². The highest BCUT2D eigenvalue weighted by molar-refractivity contribution is 8.68. The lowest BCUT2D eigenvalue weighted by molar-refractivity contribution is -0.136. The lowest BCUT2D eigenvalue weighted by atomic mass is 10.2. The molecule has 0 aromatic carbocycles. The van der Waals surface area contributed by atoms with Gasteiger partial charge in [0.25, 0.3) is 0 Å². The Morgan fingerprint density at radius 1 is 1.28 bits per heavy atom. The molecule has 0 radical (unpaired) electrons. The van der Waals surface area contributed by atoms with Gasteiger partial charge in [-0.3, -0.25) is 4.79 Å². The molecule has 0 aromatic heterocycles. The van der Waals surface area contributed by atoms with Crippen LogP contribution in [0, 0.1) is 0 Å². The van der Waals surface area contributed by atoms with Gasteiger partial charge in [0.2, 0.25) is 5.69 Å². The van der Waals surface area contributed by atoms with Crippen molar-refractivity contribution >= 4 is 34.9 Å². The summed E-state index contributed by atoms with van der Waals surface area (Å²) in [5, 5.41) is 8.79. The maximum Gasteiger partial charge on any atom is 0.304 e. The number of aliphatic carboxylic acids is 1. The fourth-order valence-corrected chi connectivity index (χ4v) is 8.36. The second-order valence-electron chi connectivity index (χ2n) is 4.49. The Morgan fingerprint density at radius 3 is 2.00 bits per heavy atom. The number of rotatable bonds is 9. The first kappa shape index (κ1) is 18.4. The second-order valence-corrected chi connectivity index (χ2v) is 10.9. The van der Waals surface area contributed by atoms with Crippen LogP contribution in [0.1, 0.15) is 47.5 Å². The summed E-state index contributed by atoms with van der Waals surface area (Å²) in [4.78, 5) is 10.8. The average molecular weight is 314 g/mol. The molecule has 0 amide bonds.